The average Bonchev–Trinajstić information content (AvgIpc) is 3.20. The van der Waals surface area contributed by atoms with Crippen LogP contribution in [0, 0.1) is 0 Å². The van der Waals surface area contributed by atoms with E-state index in [9.17, 15) is 4.79 Å². The van der Waals surface area contributed by atoms with Crippen LogP contribution in [0.25, 0.3) is 0 Å². The van der Waals surface area contributed by atoms with E-state index < -0.39 is 0 Å². The summed E-state index contributed by atoms with van der Waals surface area (Å²) in [6.07, 6.45) is 7.49. The Morgan fingerprint density at radius 1 is 1.29 bits per heavy atom. The number of likely N-dealkylation sites (tertiary alicyclic amines) is 1. The van der Waals surface area contributed by atoms with E-state index in [4.69, 9.17) is 0 Å². The molecule has 2 fully saturated rings. The number of urea groups is 1. The van der Waals surface area contributed by atoms with Crippen molar-refractivity contribution in [2.24, 2.45) is 0 Å². The normalized spacial score (nSPS) is 21.5. The third-order valence-electron chi connectivity index (χ3n) is 4.32. The second-order valence-electron chi connectivity index (χ2n) is 6.11. The summed E-state index contributed by atoms with van der Waals surface area (Å²) < 4.78 is 0. The highest BCUT2D eigenvalue weighted by Gasteiger charge is 2.25. The molecule has 2 aliphatic rings. The van der Waals surface area contributed by atoms with Crippen LogP contribution in [0.3, 0.4) is 0 Å². The smallest absolute Gasteiger partial charge is 0.315 e. The Bertz CT molecular complexity index is 436. The monoisotopic (exact) mass is 307 g/mol. The largest absolute Gasteiger partial charge is 0.336 e. The summed E-state index contributed by atoms with van der Waals surface area (Å²) in [6.45, 7) is 3.00. The zero-order valence-electron chi connectivity index (χ0n) is 12.5. The lowest BCUT2D eigenvalue weighted by molar-refractivity contribution is 0.198. The Morgan fingerprint density at radius 3 is 2.67 bits per heavy atom. The highest BCUT2D eigenvalue weighted by Crippen LogP contribution is 2.27. The summed E-state index contributed by atoms with van der Waals surface area (Å²) in [5.74, 6) is 0. The quantitative estimate of drug-likeness (QED) is 0.878. The molecule has 1 aliphatic carbocycles. The molecule has 1 atom stereocenters. The predicted octanol–water partition coefficient (Wildman–Crippen LogP) is 3.13. The molecule has 116 valence electrons. The zero-order valence-corrected chi connectivity index (χ0v) is 13.3. The summed E-state index contributed by atoms with van der Waals surface area (Å²) in [4.78, 5) is 15.8. The topological polar surface area (TPSA) is 44.4 Å². The third-order valence-corrected chi connectivity index (χ3v) is 5.30. The maximum absolute atomic E-state index is 11.9. The van der Waals surface area contributed by atoms with E-state index in [2.05, 4.69) is 33.0 Å². The van der Waals surface area contributed by atoms with Crippen LogP contribution in [0.15, 0.2) is 17.5 Å². The van der Waals surface area contributed by atoms with E-state index in [1.165, 1.54) is 30.6 Å². The van der Waals surface area contributed by atoms with Crippen molar-refractivity contribution in [2.45, 2.75) is 50.6 Å². The highest BCUT2D eigenvalue weighted by atomic mass is 32.1. The number of hydrogen-bond donors (Lipinski definition) is 2. The molecule has 0 aromatic carbocycles. The van der Waals surface area contributed by atoms with E-state index in [1.54, 1.807) is 11.3 Å². The van der Waals surface area contributed by atoms with Crippen molar-refractivity contribution < 1.29 is 4.79 Å². The maximum Gasteiger partial charge on any atom is 0.315 e. The first-order valence-corrected chi connectivity index (χ1v) is 9.03. The van der Waals surface area contributed by atoms with Crippen LogP contribution in [0.1, 0.15) is 49.4 Å². The molecule has 4 nitrogen and oxygen atoms in total. The summed E-state index contributed by atoms with van der Waals surface area (Å²) in [5, 5.41) is 8.21. The second-order valence-corrected chi connectivity index (χ2v) is 7.09. The van der Waals surface area contributed by atoms with Gasteiger partial charge < -0.3 is 10.6 Å². The predicted molar refractivity (Wildman–Crippen MR) is 86.7 cm³/mol. The van der Waals surface area contributed by atoms with E-state index >= 15 is 0 Å². The van der Waals surface area contributed by atoms with Crippen LogP contribution in [0.4, 0.5) is 4.79 Å². The molecule has 1 saturated carbocycles. The molecule has 0 spiro atoms. The fourth-order valence-electron chi connectivity index (χ4n) is 2.95. The lowest BCUT2D eigenvalue weighted by Gasteiger charge is -2.30. The Kier molecular flexibility index (Phi) is 5.14. The summed E-state index contributed by atoms with van der Waals surface area (Å²) in [6, 6.07) is 5.04. The number of carbonyl (C=O) groups is 1. The van der Waals surface area contributed by atoms with Gasteiger partial charge in [0.15, 0.2) is 0 Å². The minimum Gasteiger partial charge on any atom is -0.336 e. The van der Waals surface area contributed by atoms with Crippen LogP contribution < -0.4 is 10.6 Å². The minimum atomic E-state index is -0.00567. The third kappa shape index (κ3) is 4.45. The first-order valence-electron chi connectivity index (χ1n) is 8.15. The molecule has 1 aromatic heterocycles. The molecule has 1 aromatic rings. The van der Waals surface area contributed by atoms with Crippen LogP contribution in [0.2, 0.25) is 0 Å². The van der Waals surface area contributed by atoms with Crippen LogP contribution in [-0.2, 0) is 0 Å². The minimum absolute atomic E-state index is 0.00567. The van der Waals surface area contributed by atoms with Gasteiger partial charge >= 0.3 is 6.03 Å². The van der Waals surface area contributed by atoms with Gasteiger partial charge in [-0.25, -0.2) is 4.79 Å². The van der Waals surface area contributed by atoms with Gasteiger partial charge in [0.25, 0.3) is 0 Å². The Morgan fingerprint density at radius 2 is 2.05 bits per heavy atom. The van der Waals surface area contributed by atoms with E-state index in [0.717, 1.165) is 25.9 Å². The van der Waals surface area contributed by atoms with Gasteiger partial charge in [-0.2, -0.15) is 0 Å². The van der Waals surface area contributed by atoms with E-state index in [1.807, 2.05) is 0 Å². The first kappa shape index (κ1) is 14.9. The average molecular weight is 307 g/mol. The van der Waals surface area contributed by atoms with Crippen molar-refractivity contribution in [1.29, 1.82) is 0 Å². The number of nitrogens with one attached hydrogen (secondary N) is 2. The molecule has 2 amide bonds. The molecule has 1 aliphatic heterocycles. The van der Waals surface area contributed by atoms with Gasteiger partial charge in [-0.3, -0.25) is 4.90 Å². The fourth-order valence-corrected chi connectivity index (χ4v) is 3.81. The van der Waals surface area contributed by atoms with Crippen molar-refractivity contribution in [2.75, 3.05) is 19.6 Å². The molecule has 0 bridgehead atoms. The molecule has 21 heavy (non-hydrogen) atoms. The molecular weight excluding hydrogens is 282 g/mol. The zero-order chi connectivity index (χ0) is 14.5. The summed E-state index contributed by atoms with van der Waals surface area (Å²) in [5.41, 5.74) is 0. The maximum atomic E-state index is 11.9. The standard InChI is InChI=1S/C16H25N3OS/c20-16(18-13-7-8-13)17-12-14(15-6-5-11-21-15)19-9-3-1-2-4-10-19/h5-6,11,13-14H,1-4,7-10,12H2,(H2,17,18,20). The molecule has 2 heterocycles. The van der Waals surface area contributed by atoms with Gasteiger partial charge in [0.05, 0.1) is 6.04 Å². The summed E-state index contributed by atoms with van der Waals surface area (Å²) in [7, 11) is 0. The summed E-state index contributed by atoms with van der Waals surface area (Å²) >= 11 is 1.80. The van der Waals surface area contributed by atoms with Gasteiger partial charge in [0, 0.05) is 17.5 Å². The number of amides is 2. The van der Waals surface area contributed by atoms with Gasteiger partial charge in [0.2, 0.25) is 0 Å². The van der Waals surface area contributed by atoms with Crippen LogP contribution in [-0.4, -0.2) is 36.6 Å². The molecule has 1 unspecified atom stereocenters. The Labute approximate surface area is 130 Å². The van der Waals surface area contributed by atoms with Gasteiger partial charge in [0.1, 0.15) is 0 Å². The SMILES string of the molecule is O=C(NCC(c1cccs1)N1CCCCCC1)NC1CC1. The van der Waals surface area contributed by atoms with Crippen LogP contribution >= 0.6 is 11.3 Å². The number of nitrogens with zero attached hydrogens (tertiary/aromatic N) is 1. The van der Waals surface area contributed by atoms with Crippen molar-refractivity contribution in [1.82, 2.24) is 15.5 Å². The number of rotatable bonds is 5. The Balaban J connectivity index is 1.59. The van der Waals surface area contributed by atoms with E-state index in [-0.39, 0.29) is 6.03 Å². The van der Waals surface area contributed by atoms with Gasteiger partial charge in [-0.1, -0.05) is 18.9 Å². The van der Waals surface area contributed by atoms with E-state index in [0.29, 0.717) is 18.6 Å². The highest BCUT2D eigenvalue weighted by molar-refractivity contribution is 7.10. The van der Waals surface area contributed by atoms with Gasteiger partial charge in [-0.05, 0) is 50.2 Å². The molecular formula is C16H25N3OS. The Hall–Kier alpha value is -1.07. The number of hydrogen-bond acceptors (Lipinski definition) is 3. The molecule has 3 rings (SSSR count). The van der Waals surface area contributed by atoms with Crippen molar-refractivity contribution in [3.05, 3.63) is 22.4 Å². The lowest BCUT2D eigenvalue weighted by Crippen LogP contribution is -2.43. The van der Waals surface area contributed by atoms with Crippen molar-refractivity contribution in [3.8, 4) is 0 Å². The van der Waals surface area contributed by atoms with Crippen LogP contribution in [0.5, 0.6) is 0 Å². The number of carbonyl (C=O) groups excluding carboxylic acids is 1. The molecule has 0 radical (unpaired) electrons. The molecule has 1 saturated heterocycles. The molecule has 5 heteroatoms. The fraction of sp³-hybridized carbons (Fsp3) is 0.688. The lowest BCUT2D eigenvalue weighted by atomic mass is 10.2. The second kappa shape index (κ2) is 7.27. The molecule has 2 N–H and O–H groups in total. The van der Waals surface area contributed by atoms with Crippen molar-refractivity contribution >= 4 is 17.4 Å². The first-order chi connectivity index (χ1) is 10.3. The van der Waals surface area contributed by atoms with Crippen molar-refractivity contribution in [3.63, 3.8) is 0 Å². The number of thiophene rings is 1. The van der Waals surface area contributed by atoms with Gasteiger partial charge in [-0.15, -0.1) is 11.3 Å².